The molecule has 2 N–H and O–H groups in total. The van der Waals surface area contributed by atoms with Crippen LogP contribution in [0.15, 0.2) is 48.8 Å². The highest BCUT2D eigenvalue weighted by molar-refractivity contribution is 5.96. The lowest BCUT2D eigenvalue weighted by molar-refractivity contribution is -0.908. The van der Waals surface area contributed by atoms with Gasteiger partial charge in [-0.1, -0.05) is 12.1 Å². The normalized spacial score (nSPS) is 10.8. The van der Waals surface area contributed by atoms with Crippen LogP contribution in [0.4, 0.5) is 4.39 Å². The third-order valence-corrected chi connectivity index (χ3v) is 5.65. The summed E-state index contributed by atoms with van der Waals surface area (Å²) in [7, 11) is 1.55. The Labute approximate surface area is 195 Å². The molecule has 2 aromatic heterocycles. The van der Waals surface area contributed by atoms with Gasteiger partial charge in [-0.05, 0) is 36.8 Å². The van der Waals surface area contributed by atoms with Gasteiger partial charge >= 0.3 is 0 Å². The van der Waals surface area contributed by atoms with Gasteiger partial charge in [0.2, 0.25) is 11.9 Å². The number of hydrogen-bond donors (Lipinski definition) is 2. The molecule has 172 valence electrons. The number of amides is 1. The quantitative estimate of drug-likeness (QED) is 0.337. The molecule has 0 fully saturated rings. The molecule has 0 aliphatic carbocycles. The molecule has 0 radical (unpaired) electrons. The number of carbonyl (C=O) groups excluding carboxylic acids is 1. The summed E-state index contributed by atoms with van der Waals surface area (Å²) in [6, 6.07) is 11.9. The van der Waals surface area contributed by atoms with Crippen molar-refractivity contribution in [3.63, 3.8) is 0 Å². The van der Waals surface area contributed by atoms with Gasteiger partial charge in [0.15, 0.2) is 11.6 Å². The van der Waals surface area contributed by atoms with Crippen LogP contribution < -0.4 is 9.47 Å². The summed E-state index contributed by atoms with van der Waals surface area (Å²) in [5, 5.41) is 27.0. The Morgan fingerprint density at radius 3 is 2.88 bits per heavy atom. The zero-order valence-corrected chi connectivity index (χ0v) is 19.0. The van der Waals surface area contributed by atoms with E-state index in [9.17, 15) is 15.3 Å². The predicted octanol–water partition coefficient (Wildman–Crippen LogP) is 3.74. The van der Waals surface area contributed by atoms with Crippen molar-refractivity contribution in [1.29, 1.82) is 5.26 Å². The minimum atomic E-state index is -0.772. The monoisotopic (exact) mass is 460 g/mol. The van der Waals surface area contributed by atoms with Gasteiger partial charge in [0, 0.05) is 24.3 Å². The predicted molar refractivity (Wildman–Crippen MR) is 122 cm³/mol. The number of aryl methyl sites for hydroxylation is 1. The summed E-state index contributed by atoms with van der Waals surface area (Å²) in [5.74, 6) is -1.36. The highest BCUT2D eigenvalue weighted by Gasteiger charge is 2.25. The Kier molecular flexibility index (Phi) is 6.15. The molecule has 0 aliphatic heterocycles. The summed E-state index contributed by atoms with van der Waals surface area (Å²) < 4.78 is 22.1. The number of rotatable bonds is 6. The molecule has 0 atom stereocenters. The number of halogens is 1. The number of aromatic amines is 1. The van der Waals surface area contributed by atoms with E-state index in [1.54, 1.807) is 57.4 Å². The van der Waals surface area contributed by atoms with Crippen LogP contribution in [0.5, 0.6) is 5.75 Å². The first-order valence-electron chi connectivity index (χ1n) is 10.6. The lowest BCUT2D eigenvalue weighted by Gasteiger charge is -2.19. The van der Waals surface area contributed by atoms with Gasteiger partial charge in [-0.25, -0.2) is 4.39 Å². The fraction of sp³-hybridized carbons (Fsp3) is 0.200. The van der Waals surface area contributed by atoms with Gasteiger partial charge in [-0.15, -0.1) is 0 Å². The maximum absolute atomic E-state index is 15.6. The standard InChI is InChI=1S/C25H22FN5O3/c1-4-34-24-19(17-7-5-6-16(10-17)11-27)8-9-20(22(24)26)25(32)30(3)13-18-14-31(33)15(2)21-12-28-29-23(18)21/h5-10,12,14,33H,4,13H2,1-3H3/p+1. The molecule has 1 amide bonds. The molecule has 34 heavy (non-hydrogen) atoms. The number of fused-ring (bicyclic) bond motifs is 1. The summed E-state index contributed by atoms with van der Waals surface area (Å²) in [4.78, 5) is 14.5. The second kappa shape index (κ2) is 9.19. The first kappa shape index (κ1) is 22.7. The van der Waals surface area contributed by atoms with E-state index >= 15 is 4.39 Å². The third kappa shape index (κ3) is 4.01. The van der Waals surface area contributed by atoms with Crippen LogP contribution >= 0.6 is 0 Å². The SMILES string of the molecule is CCOc1c(-c2cccc(C#N)c2)ccc(C(=O)N(C)Cc2c[n+](O)c(C)c3cn[nH]c23)c1F. The first-order chi connectivity index (χ1) is 16.3. The highest BCUT2D eigenvalue weighted by atomic mass is 19.1. The zero-order valence-electron chi connectivity index (χ0n) is 19.0. The molecule has 8 nitrogen and oxygen atoms in total. The molecule has 0 unspecified atom stereocenters. The lowest BCUT2D eigenvalue weighted by Crippen LogP contribution is -2.35. The lowest BCUT2D eigenvalue weighted by atomic mass is 9.99. The van der Waals surface area contributed by atoms with Crippen molar-refractivity contribution < 1.29 is 23.9 Å². The molecule has 2 aromatic carbocycles. The highest BCUT2D eigenvalue weighted by Crippen LogP contribution is 2.35. The number of ether oxygens (including phenoxy) is 1. The second-order valence-corrected chi connectivity index (χ2v) is 7.83. The fourth-order valence-electron chi connectivity index (χ4n) is 3.88. The zero-order chi connectivity index (χ0) is 24.4. The number of pyridine rings is 1. The van der Waals surface area contributed by atoms with Crippen molar-refractivity contribution in [2.75, 3.05) is 13.7 Å². The average molecular weight is 460 g/mol. The molecular formula is C25H23FN5O3+. The van der Waals surface area contributed by atoms with Gasteiger partial charge in [0.05, 0.1) is 53.0 Å². The smallest absolute Gasteiger partial charge is 0.257 e. The van der Waals surface area contributed by atoms with Crippen molar-refractivity contribution in [2.45, 2.75) is 20.4 Å². The Morgan fingerprint density at radius 2 is 2.15 bits per heavy atom. The summed E-state index contributed by atoms with van der Waals surface area (Å²) >= 11 is 0. The van der Waals surface area contributed by atoms with E-state index < -0.39 is 11.7 Å². The van der Waals surface area contributed by atoms with Crippen LogP contribution in [0.3, 0.4) is 0 Å². The van der Waals surface area contributed by atoms with Gasteiger partial charge in [-0.3, -0.25) is 15.1 Å². The Balaban J connectivity index is 1.70. The van der Waals surface area contributed by atoms with E-state index in [4.69, 9.17) is 4.74 Å². The van der Waals surface area contributed by atoms with E-state index in [0.29, 0.717) is 33.5 Å². The number of hydrogen-bond acceptors (Lipinski definition) is 5. The van der Waals surface area contributed by atoms with Gasteiger partial charge in [-0.2, -0.15) is 10.4 Å². The van der Waals surface area contributed by atoms with Crippen LogP contribution in [-0.4, -0.2) is 39.9 Å². The molecular weight excluding hydrogens is 437 g/mol. The third-order valence-electron chi connectivity index (χ3n) is 5.65. The van der Waals surface area contributed by atoms with Crippen LogP contribution in [0, 0.1) is 24.1 Å². The number of carbonyl (C=O) groups is 1. The van der Waals surface area contributed by atoms with Crippen molar-refractivity contribution >= 4 is 16.8 Å². The minimum Gasteiger partial charge on any atom is -0.490 e. The topological polar surface area (TPSA) is 106 Å². The summed E-state index contributed by atoms with van der Waals surface area (Å²) in [6.45, 7) is 3.78. The van der Waals surface area contributed by atoms with Crippen LogP contribution in [0.1, 0.15) is 34.1 Å². The van der Waals surface area contributed by atoms with Crippen molar-refractivity contribution in [3.05, 3.63) is 77.0 Å². The molecule has 4 rings (SSSR count). The number of benzene rings is 2. The van der Waals surface area contributed by atoms with E-state index in [1.807, 2.05) is 0 Å². The van der Waals surface area contributed by atoms with Gasteiger partial charge in [0.25, 0.3) is 5.91 Å². The largest absolute Gasteiger partial charge is 0.490 e. The molecule has 2 heterocycles. The average Bonchev–Trinajstić information content (AvgIpc) is 3.34. The maximum Gasteiger partial charge on any atom is 0.257 e. The molecule has 0 saturated carbocycles. The number of H-pyrrole nitrogens is 1. The van der Waals surface area contributed by atoms with E-state index in [-0.39, 0.29) is 24.5 Å². The van der Waals surface area contributed by atoms with Crippen molar-refractivity contribution in [1.82, 2.24) is 15.1 Å². The fourth-order valence-corrected chi connectivity index (χ4v) is 3.88. The van der Waals surface area contributed by atoms with Crippen LogP contribution in [-0.2, 0) is 6.54 Å². The first-order valence-corrected chi connectivity index (χ1v) is 10.6. The van der Waals surface area contributed by atoms with Crippen LogP contribution in [0.2, 0.25) is 0 Å². The molecule has 0 aliphatic rings. The number of aromatic nitrogens is 3. The van der Waals surface area contributed by atoms with E-state index in [1.165, 1.54) is 17.2 Å². The van der Waals surface area contributed by atoms with E-state index in [0.717, 1.165) is 10.1 Å². The number of nitrogens with zero attached hydrogens (tertiary/aromatic N) is 4. The summed E-state index contributed by atoms with van der Waals surface area (Å²) in [6.07, 6.45) is 3.09. The van der Waals surface area contributed by atoms with Crippen molar-refractivity contribution in [2.24, 2.45) is 0 Å². The van der Waals surface area contributed by atoms with Gasteiger partial charge < -0.3 is 9.64 Å². The number of nitrogens with one attached hydrogen (secondary N) is 1. The summed E-state index contributed by atoms with van der Waals surface area (Å²) in [5.41, 5.74) is 3.26. The molecule has 0 spiro atoms. The molecule has 4 aromatic rings. The van der Waals surface area contributed by atoms with Crippen LogP contribution in [0.25, 0.3) is 22.0 Å². The molecule has 9 heteroatoms. The Morgan fingerprint density at radius 1 is 1.35 bits per heavy atom. The van der Waals surface area contributed by atoms with E-state index in [2.05, 4.69) is 16.3 Å². The Hall–Kier alpha value is -4.45. The second-order valence-electron chi connectivity index (χ2n) is 7.83. The minimum absolute atomic E-state index is 0.0451. The van der Waals surface area contributed by atoms with Gasteiger partial charge in [0.1, 0.15) is 0 Å². The molecule has 0 saturated heterocycles. The Bertz CT molecular complexity index is 1440. The molecule has 0 bridgehead atoms. The number of nitriles is 1. The maximum atomic E-state index is 15.6. The van der Waals surface area contributed by atoms with Crippen molar-refractivity contribution in [3.8, 4) is 22.9 Å².